The van der Waals surface area contributed by atoms with Gasteiger partial charge in [-0.15, -0.1) is 0 Å². The zero-order chi connectivity index (χ0) is 13.7. The molecule has 1 atom stereocenters. The van der Waals surface area contributed by atoms with Gasteiger partial charge < -0.3 is 10.1 Å². The minimum atomic E-state index is -0.756. The minimum Gasteiger partial charge on any atom is -0.449 e. The van der Waals surface area contributed by atoms with Gasteiger partial charge in [-0.25, -0.2) is 4.79 Å². The van der Waals surface area contributed by atoms with Crippen molar-refractivity contribution in [3.05, 3.63) is 42.0 Å². The van der Waals surface area contributed by atoms with Crippen molar-refractivity contribution in [3.63, 3.8) is 0 Å². The second-order valence-corrected chi connectivity index (χ2v) is 4.61. The number of rotatable bonds is 5. The maximum atomic E-state index is 11.6. The maximum absolute atomic E-state index is 11.6. The van der Waals surface area contributed by atoms with Crippen molar-refractivity contribution in [1.82, 2.24) is 5.32 Å². The molecule has 1 aromatic carbocycles. The van der Waals surface area contributed by atoms with Crippen LogP contribution in [0, 0.1) is 0 Å². The van der Waals surface area contributed by atoms with E-state index in [0.29, 0.717) is 0 Å². The summed E-state index contributed by atoms with van der Waals surface area (Å²) in [6.45, 7) is 1.58. The highest BCUT2D eigenvalue weighted by atomic mass is 16.5. The number of hydrogen-bond donors (Lipinski definition) is 1. The fourth-order valence-corrected chi connectivity index (χ4v) is 1.54. The number of amides is 1. The number of nitrogens with one attached hydrogen (secondary N) is 1. The smallest absolute Gasteiger partial charge is 0.331 e. The monoisotopic (exact) mass is 259 g/mol. The molecule has 1 aromatic rings. The van der Waals surface area contributed by atoms with Crippen LogP contribution in [0.2, 0.25) is 0 Å². The average Bonchev–Trinajstić information content (AvgIpc) is 3.21. The number of benzene rings is 1. The Bertz CT molecular complexity index is 477. The summed E-state index contributed by atoms with van der Waals surface area (Å²) < 4.78 is 5.02. The van der Waals surface area contributed by atoms with Gasteiger partial charge in [-0.3, -0.25) is 4.79 Å². The molecule has 2 rings (SSSR count). The summed E-state index contributed by atoms with van der Waals surface area (Å²) in [5, 5.41) is 2.79. The van der Waals surface area contributed by atoms with Crippen LogP contribution in [-0.4, -0.2) is 24.0 Å². The van der Waals surface area contributed by atoms with Crippen LogP contribution >= 0.6 is 0 Å². The molecule has 0 aromatic heterocycles. The molecule has 0 unspecified atom stereocenters. The first-order valence-corrected chi connectivity index (χ1v) is 6.39. The molecule has 1 aliphatic carbocycles. The lowest BCUT2D eigenvalue weighted by Gasteiger charge is -2.11. The zero-order valence-electron chi connectivity index (χ0n) is 10.8. The molecule has 0 radical (unpaired) electrons. The van der Waals surface area contributed by atoms with Gasteiger partial charge in [0.05, 0.1) is 0 Å². The second kappa shape index (κ2) is 6.18. The number of hydrogen-bond acceptors (Lipinski definition) is 3. The average molecular weight is 259 g/mol. The Hall–Kier alpha value is -2.10. The summed E-state index contributed by atoms with van der Waals surface area (Å²) >= 11 is 0. The van der Waals surface area contributed by atoms with E-state index in [-0.39, 0.29) is 11.9 Å². The van der Waals surface area contributed by atoms with Crippen molar-refractivity contribution in [3.8, 4) is 0 Å². The molecule has 0 heterocycles. The van der Waals surface area contributed by atoms with Gasteiger partial charge >= 0.3 is 5.97 Å². The second-order valence-electron chi connectivity index (χ2n) is 4.61. The molecule has 100 valence electrons. The van der Waals surface area contributed by atoms with E-state index in [0.717, 1.165) is 18.4 Å². The Morgan fingerprint density at radius 2 is 2.00 bits per heavy atom. The molecule has 0 saturated heterocycles. The molecule has 0 aliphatic heterocycles. The Kier molecular flexibility index (Phi) is 4.34. The molecule has 1 N–H and O–H groups in total. The van der Waals surface area contributed by atoms with Crippen molar-refractivity contribution in [2.75, 3.05) is 0 Å². The van der Waals surface area contributed by atoms with Crippen molar-refractivity contribution in [2.45, 2.75) is 31.9 Å². The van der Waals surface area contributed by atoms with E-state index in [1.807, 2.05) is 30.3 Å². The zero-order valence-corrected chi connectivity index (χ0v) is 10.8. The minimum absolute atomic E-state index is 0.232. The van der Waals surface area contributed by atoms with Crippen molar-refractivity contribution in [1.29, 1.82) is 0 Å². The molecule has 1 aliphatic rings. The van der Waals surface area contributed by atoms with E-state index in [4.69, 9.17) is 4.74 Å². The predicted octanol–water partition coefficient (Wildman–Crippen LogP) is 1.91. The van der Waals surface area contributed by atoms with Gasteiger partial charge in [0.1, 0.15) is 0 Å². The van der Waals surface area contributed by atoms with Gasteiger partial charge in [0, 0.05) is 12.1 Å². The molecule has 1 fully saturated rings. The third-order valence-corrected chi connectivity index (χ3v) is 2.80. The lowest BCUT2D eigenvalue weighted by molar-refractivity contribution is -0.150. The normalized spacial score (nSPS) is 16.1. The molecule has 0 spiro atoms. The molecule has 4 heteroatoms. The summed E-state index contributed by atoms with van der Waals surface area (Å²) in [5.41, 5.74) is 0.912. The van der Waals surface area contributed by atoms with Crippen LogP contribution in [0.15, 0.2) is 36.4 Å². The lowest BCUT2D eigenvalue weighted by atomic mass is 10.2. The summed E-state index contributed by atoms with van der Waals surface area (Å²) in [4.78, 5) is 23.1. The van der Waals surface area contributed by atoms with E-state index >= 15 is 0 Å². The molecule has 1 amide bonds. The summed E-state index contributed by atoms with van der Waals surface area (Å²) in [7, 11) is 0. The van der Waals surface area contributed by atoms with E-state index in [2.05, 4.69) is 5.32 Å². The van der Waals surface area contributed by atoms with Crippen LogP contribution in [0.25, 0.3) is 6.08 Å². The first-order chi connectivity index (χ1) is 9.15. The van der Waals surface area contributed by atoms with Gasteiger partial charge in [0.25, 0.3) is 5.91 Å². The topological polar surface area (TPSA) is 55.4 Å². The Morgan fingerprint density at radius 1 is 1.32 bits per heavy atom. The number of carbonyl (C=O) groups is 2. The SMILES string of the molecule is C[C@@H](OC(=O)/C=C/c1ccccc1)C(=O)NC1CC1. The molecule has 1 saturated carbocycles. The summed E-state index contributed by atoms with van der Waals surface area (Å²) in [6.07, 6.45) is 4.26. The standard InChI is InChI=1S/C15H17NO3/c1-11(15(18)16-13-8-9-13)19-14(17)10-7-12-5-3-2-4-6-12/h2-7,10-11,13H,8-9H2,1H3,(H,16,18)/b10-7+/t11-/m1/s1. The summed E-state index contributed by atoms with van der Waals surface area (Å²) in [5.74, 6) is -0.744. The highest BCUT2D eigenvalue weighted by molar-refractivity contribution is 5.90. The van der Waals surface area contributed by atoms with Crippen molar-refractivity contribution >= 4 is 18.0 Å². The van der Waals surface area contributed by atoms with E-state index in [1.165, 1.54) is 6.08 Å². The van der Waals surface area contributed by atoms with E-state index < -0.39 is 12.1 Å². The fraction of sp³-hybridized carbons (Fsp3) is 0.333. The quantitative estimate of drug-likeness (QED) is 0.649. The summed E-state index contributed by atoms with van der Waals surface area (Å²) in [6, 6.07) is 9.71. The van der Waals surface area contributed by atoms with Crippen molar-refractivity contribution in [2.24, 2.45) is 0 Å². The largest absolute Gasteiger partial charge is 0.449 e. The number of ether oxygens (including phenoxy) is 1. The molecule has 0 bridgehead atoms. The fourth-order valence-electron chi connectivity index (χ4n) is 1.54. The van der Waals surface area contributed by atoms with E-state index in [9.17, 15) is 9.59 Å². The van der Waals surface area contributed by atoms with Crippen LogP contribution in [-0.2, 0) is 14.3 Å². The Morgan fingerprint density at radius 3 is 2.63 bits per heavy atom. The highest BCUT2D eigenvalue weighted by Crippen LogP contribution is 2.18. The Labute approximate surface area is 112 Å². The van der Waals surface area contributed by atoms with E-state index in [1.54, 1.807) is 13.0 Å². The van der Waals surface area contributed by atoms with Gasteiger partial charge in [-0.05, 0) is 31.4 Å². The first kappa shape index (κ1) is 13.3. The molecule has 19 heavy (non-hydrogen) atoms. The maximum Gasteiger partial charge on any atom is 0.331 e. The van der Waals surface area contributed by atoms with Crippen LogP contribution in [0.5, 0.6) is 0 Å². The molecular formula is C15H17NO3. The molecule has 4 nitrogen and oxygen atoms in total. The first-order valence-electron chi connectivity index (χ1n) is 6.39. The number of esters is 1. The predicted molar refractivity (Wildman–Crippen MR) is 72.2 cm³/mol. The third kappa shape index (κ3) is 4.58. The van der Waals surface area contributed by atoms with Gasteiger partial charge in [0.2, 0.25) is 0 Å². The highest BCUT2D eigenvalue weighted by Gasteiger charge is 2.26. The van der Waals surface area contributed by atoms with Gasteiger partial charge in [0.15, 0.2) is 6.10 Å². The Balaban J connectivity index is 1.79. The molecular weight excluding hydrogens is 242 g/mol. The lowest BCUT2D eigenvalue weighted by Crippen LogP contribution is -2.36. The van der Waals surface area contributed by atoms with Crippen LogP contribution < -0.4 is 5.32 Å². The van der Waals surface area contributed by atoms with Crippen molar-refractivity contribution < 1.29 is 14.3 Å². The third-order valence-electron chi connectivity index (χ3n) is 2.80. The van der Waals surface area contributed by atoms with Gasteiger partial charge in [-0.2, -0.15) is 0 Å². The van der Waals surface area contributed by atoms with Crippen LogP contribution in [0.3, 0.4) is 0 Å². The van der Waals surface area contributed by atoms with Gasteiger partial charge in [-0.1, -0.05) is 30.3 Å². The van der Waals surface area contributed by atoms with Crippen LogP contribution in [0.4, 0.5) is 0 Å². The van der Waals surface area contributed by atoms with Crippen LogP contribution in [0.1, 0.15) is 25.3 Å². The number of carbonyl (C=O) groups excluding carboxylic acids is 2.